The molecule has 1 saturated carbocycles. The van der Waals surface area contributed by atoms with E-state index in [9.17, 15) is 14.7 Å². The quantitative estimate of drug-likeness (QED) is 0.147. The summed E-state index contributed by atoms with van der Waals surface area (Å²) >= 11 is 0. The first-order chi connectivity index (χ1) is 22.4. The Hall–Kier alpha value is -2.60. The highest BCUT2D eigenvalue weighted by Crippen LogP contribution is 2.31. The number of aryl methyl sites for hydroxylation is 1. The van der Waals surface area contributed by atoms with E-state index in [4.69, 9.17) is 29.2 Å². The minimum atomic E-state index is -0.495. The summed E-state index contributed by atoms with van der Waals surface area (Å²) < 4.78 is 22.2. The van der Waals surface area contributed by atoms with Crippen LogP contribution in [0, 0.1) is 5.92 Å². The number of amides is 2. The van der Waals surface area contributed by atoms with E-state index in [1.807, 2.05) is 93.5 Å². The lowest BCUT2D eigenvalue weighted by Gasteiger charge is -2.34. The molecule has 0 spiro atoms. The van der Waals surface area contributed by atoms with Crippen LogP contribution >= 0.6 is 0 Å². The van der Waals surface area contributed by atoms with Crippen molar-refractivity contribution >= 4 is 12.2 Å². The lowest BCUT2D eigenvalue weighted by atomic mass is 9.82. The molecule has 11 nitrogen and oxygen atoms in total. The molecule has 0 bridgehead atoms. The van der Waals surface area contributed by atoms with Gasteiger partial charge < -0.3 is 44.9 Å². The maximum atomic E-state index is 11.8. The Bertz CT molecular complexity index is 1010. The number of rotatable bonds is 14. The first-order valence-electron chi connectivity index (χ1n) is 17.5. The minimum absolute atomic E-state index is 0.00632. The second-order valence-electron chi connectivity index (χ2n) is 14.6. The van der Waals surface area contributed by atoms with Gasteiger partial charge in [-0.2, -0.15) is 0 Å². The van der Waals surface area contributed by atoms with Crippen molar-refractivity contribution in [3.8, 4) is 5.75 Å². The highest BCUT2D eigenvalue weighted by atomic mass is 16.6. The van der Waals surface area contributed by atoms with E-state index < -0.39 is 17.3 Å². The Labute approximate surface area is 290 Å². The summed E-state index contributed by atoms with van der Waals surface area (Å²) in [4.78, 5) is 23.5. The third kappa shape index (κ3) is 22.1. The van der Waals surface area contributed by atoms with Gasteiger partial charge in [-0.25, -0.2) is 9.59 Å². The van der Waals surface area contributed by atoms with Gasteiger partial charge in [0, 0.05) is 19.2 Å². The van der Waals surface area contributed by atoms with Crippen LogP contribution in [-0.2, 0) is 20.6 Å². The molecule has 0 saturated heterocycles. The number of benzene rings is 1. The van der Waals surface area contributed by atoms with Crippen LogP contribution in [0.2, 0.25) is 0 Å². The second kappa shape index (κ2) is 23.7. The molecule has 2 unspecified atom stereocenters. The SMILES string of the molecule is CO.C[C@H](CO)OC1CCCCC1CC[C@H](C)NC(=O)OC(C)(C)C.C[C@H](CO)Oc1ccccc1CC[C@H](C)NC(=O)OC(C)(C)C. The summed E-state index contributed by atoms with van der Waals surface area (Å²) in [5.74, 6) is 1.29. The highest BCUT2D eigenvalue weighted by Gasteiger charge is 2.28. The molecule has 0 radical (unpaired) electrons. The Balaban J connectivity index is 0.000000875. The molecule has 0 aliphatic heterocycles. The highest BCUT2D eigenvalue weighted by molar-refractivity contribution is 5.68. The van der Waals surface area contributed by atoms with Crippen molar-refractivity contribution in [2.45, 2.75) is 162 Å². The first-order valence-corrected chi connectivity index (χ1v) is 17.5. The van der Waals surface area contributed by atoms with Crippen molar-refractivity contribution < 1.29 is 43.9 Å². The van der Waals surface area contributed by atoms with Crippen LogP contribution in [0.4, 0.5) is 9.59 Å². The number of para-hydroxylation sites is 1. The van der Waals surface area contributed by atoms with Crippen molar-refractivity contribution in [3.63, 3.8) is 0 Å². The molecule has 1 aliphatic rings. The average molecular weight is 685 g/mol. The van der Waals surface area contributed by atoms with Gasteiger partial charge >= 0.3 is 12.2 Å². The van der Waals surface area contributed by atoms with Crippen molar-refractivity contribution in [3.05, 3.63) is 29.8 Å². The van der Waals surface area contributed by atoms with E-state index in [1.165, 1.54) is 19.3 Å². The largest absolute Gasteiger partial charge is 0.488 e. The monoisotopic (exact) mass is 684 g/mol. The van der Waals surface area contributed by atoms with Gasteiger partial charge in [0.1, 0.15) is 23.1 Å². The fourth-order valence-electron chi connectivity index (χ4n) is 5.10. The number of hydrogen-bond acceptors (Lipinski definition) is 9. The van der Waals surface area contributed by atoms with E-state index in [0.717, 1.165) is 50.5 Å². The summed E-state index contributed by atoms with van der Waals surface area (Å²) in [6, 6.07) is 7.84. The molecule has 11 heteroatoms. The van der Waals surface area contributed by atoms with Gasteiger partial charge in [0.15, 0.2) is 0 Å². The zero-order valence-corrected chi connectivity index (χ0v) is 31.6. The van der Waals surface area contributed by atoms with E-state index in [1.54, 1.807) is 0 Å². The third-order valence-corrected chi connectivity index (χ3v) is 7.40. The van der Waals surface area contributed by atoms with Gasteiger partial charge in [0.25, 0.3) is 0 Å². The summed E-state index contributed by atoms with van der Waals surface area (Å²) in [5, 5.41) is 31.0. The van der Waals surface area contributed by atoms with E-state index in [0.29, 0.717) is 5.92 Å². The van der Waals surface area contributed by atoms with Crippen LogP contribution in [-0.4, -0.2) is 89.4 Å². The Morgan fingerprint density at radius 2 is 1.29 bits per heavy atom. The third-order valence-electron chi connectivity index (χ3n) is 7.40. The maximum absolute atomic E-state index is 11.8. The summed E-state index contributed by atoms with van der Waals surface area (Å²) in [6.07, 6.45) is 7.31. The first kappa shape index (κ1) is 45.4. The maximum Gasteiger partial charge on any atom is 0.407 e. The number of hydrogen-bond donors (Lipinski definition) is 5. The van der Waals surface area contributed by atoms with Gasteiger partial charge in [-0.1, -0.05) is 31.0 Å². The zero-order chi connectivity index (χ0) is 36.9. The molecule has 1 fully saturated rings. The Morgan fingerprint density at radius 3 is 1.81 bits per heavy atom. The second-order valence-corrected chi connectivity index (χ2v) is 14.6. The Kier molecular flexibility index (Phi) is 22.4. The molecule has 1 aliphatic carbocycles. The number of carbonyl (C=O) groups is 2. The molecular formula is C37H68N2O9. The van der Waals surface area contributed by atoms with E-state index in [-0.39, 0.29) is 49.7 Å². The van der Waals surface area contributed by atoms with Crippen molar-refractivity contribution in [2.75, 3.05) is 20.3 Å². The predicted octanol–water partition coefficient (Wildman–Crippen LogP) is 6.54. The Morgan fingerprint density at radius 1 is 0.792 bits per heavy atom. The van der Waals surface area contributed by atoms with Crippen LogP contribution in [0.3, 0.4) is 0 Å². The van der Waals surface area contributed by atoms with E-state index in [2.05, 4.69) is 10.6 Å². The number of carbonyl (C=O) groups excluding carboxylic acids is 2. The molecule has 2 amide bonds. The summed E-state index contributed by atoms with van der Waals surface area (Å²) in [6.45, 7) is 18.9. The molecule has 280 valence electrons. The van der Waals surface area contributed by atoms with Crippen molar-refractivity contribution in [1.82, 2.24) is 10.6 Å². The smallest absolute Gasteiger partial charge is 0.407 e. The van der Waals surface area contributed by atoms with Gasteiger partial charge in [0.2, 0.25) is 0 Å². The van der Waals surface area contributed by atoms with Crippen LogP contribution in [0.5, 0.6) is 5.75 Å². The predicted molar refractivity (Wildman–Crippen MR) is 190 cm³/mol. The summed E-state index contributed by atoms with van der Waals surface area (Å²) in [7, 11) is 1.00. The molecule has 1 aromatic rings. The molecule has 1 aromatic carbocycles. The van der Waals surface area contributed by atoms with Crippen molar-refractivity contribution in [2.24, 2.45) is 5.92 Å². The van der Waals surface area contributed by atoms with Gasteiger partial charge in [-0.3, -0.25) is 0 Å². The topological polar surface area (TPSA) is 156 Å². The van der Waals surface area contributed by atoms with Crippen LogP contribution < -0.4 is 15.4 Å². The fraction of sp³-hybridized carbons (Fsp3) is 0.784. The molecule has 5 N–H and O–H groups in total. The minimum Gasteiger partial charge on any atom is -0.488 e. The standard InChI is InChI=1S/C18H35NO4.C18H29NO4.CH4O/c2*1-13(19-17(21)23-18(3,4)5)10-11-15-8-6-7-9-16(15)22-14(2)12-20;1-2/h13-16,20H,6-12H2,1-5H3,(H,19,21);6-9,13-14,20H,10-12H2,1-5H3,(H,19,21);2H,1H3/t13-,14+,15?,16?;13-,14+;/m00./s1. The zero-order valence-electron chi connectivity index (χ0n) is 31.6. The van der Waals surface area contributed by atoms with Crippen LogP contribution in [0.25, 0.3) is 0 Å². The van der Waals surface area contributed by atoms with Crippen LogP contribution in [0.15, 0.2) is 24.3 Å². The molecule has 2 rings (SSSR count). The fourth-order valence-corrected chi connectivity index (χ4v) is 5.10. The molecule has 0 aromatic heterocycles. The van der Waals surface area contributed by atoms with Gasteiger partial charge in [0.05, 0.1) is 25.4 Å². The average Bonchev–Trinajstić information content (AvgIpc) is 2.99. The summed E-state index contributed by atoms with van der Waals surface area (Å²) in [5.41, 5.74) is 0.0997. The number of ether oxygens (including phenoxy) is 4. The number of aliphatic hydroxyl groups excluding tert-OH is 3. The number of aliphatic hydroxyl groups is 3. The molecule has 6 atom stereocenters. The van der Waals surface area contributed by atoms with Crippen LogP contribution in [0.1, 0.15) is 120 Å². The van der Waals surface area contributed by atoms with Crippen molar-refractivity contribution in [1.29, 1.82) is 0 Å². The molecule has 0 heterocycles. The molecule has 48 heavy (non-hydrogen) atoms. The number of alkyl carbamates (subject to hydrolysis) is 2. The lowest BCUT2D eigenvalue weighted by molar-refractivity contribution is -0.0724. The van der Waals surface area contributed by atoms with Gasteiger partial charge in [-0.05, 0) is 125 Å². The normalized spacial score (nSPS) is 18.7. The molecular weight excluding hydrogens is 616 g/mol. The van der Waals surface area contributed by atoms with E-state index >= 15 is 0 Å². The van der Waals surface area contributed by atoms with Gasteiger partial charge in [-0.15, -0.1) is 0 Å². The number of nitrogens with one attached hydrogen (secondary N) is 2. The lowest BCUT2D eigenvalue weighted by Crippen LogP contribution is -2.38.